The molecule has 2 fully saturated rings. The standard InChI is InChI=1S/C18H32N4O3/c1-14(16(24)21-10-8-20(9-11-21)15(2)23)19-6-12-22(13-7-19)17(25)18(3,4)5/h14H,6-13H2,1-5H3. The normalized spacial score (nSPS) is 21.2. The Balaban J connectivity index is 1.84. The van der Waals surface area contributed by atoms with Gasteiger partial charge in [-0.2, -0.15) is 0 Å². The second kappa shape index (κ2) is 7.72. The zero-order chi connectivity index (χ0) is 18.8. The van der Waals surface area contributed by atoms with Gasteiger partial charge >= 0.3 is 0 Å². The molecule has 0 aromatic carbocycles. The molecule has 3 amide bonds. The van der Waals surface area contributed by atoms with E-state index in [0.29, 0.717) is 39.3 Å². The summed E-state index contributed by atoms with van der Waals surface area (Å²) in [5, 5.41) is 0. The van der Waals surface area contributed by atoms with Crippen molar-refractivity contribution in [1.29, 1.82) is 0 Å². The summed E-state index contributed by atoms with van der Waals surface area (Å²) in [6.45, 7) is 14.6. The quantitative estimate of drug-likeness (QED) is 0.715. The number of hydrogen-bond acceptors (Lipinski definition) is 4. The molecule has 0 aliphatic carbocycles. The fraction of sp³-hybridized carbons (Fsp3) is 0.833. The third kappa shape index (κ3) is 4.71. The molecule has 2 heterocycles. The number of amides is 3. The highest BCUT2D eigenvalue weighted by atomic mass is 16.2. The van der Waals surface area contributed by atoms with Gasteiger partial charge in [0.05, 0.1) is 6.04 Å². The molecule has 7 heteroatoms. The van der Waals surface area contributed by atoms with Gasteiger partial charge < -0.3 is 14.7 Å². The largest absolute Gasteiger partial charge is 0.340 e. The molecule has 1 unspecified atom stereocenters. The van der Waals surface area contributed by atoms with Crippen LogP contribution in [-0.2, 0) is 14.4 Å². The van der Waals surface area contributed by atoms with Crippen LogP contribution in [0.2, 0.25) is 0 Å². The Bertz CT molecular complexity index is 513. The van der Waals surface area contributed by atoms with Crippen LogP contribution >= 0.6 is 0 Å². The number of carbonyl (C=O) groups excluding carboxylic acids is 3. The van der Waals surface area contributed by atoms with Crippen LogP contribution in [0.5, 0.6) is 0 Å². The van der Waals surface area contributed by atoms with Gasteiger partial charge in [0.1, 0.15) is 0 Å². The van der Waals surface area contributed by atoms with Crippen LogP contribution in [-0.4, -0.2) is 95.7 Å². The van der Waals surface area contributed by atoms with Crippen LogP contribution in [0.15, 0.2) is 0 Å². The maximum atomic E-state index is 12.7. The van der Waals surface area contributed by atoms with Gasteiger partial charge in [-0.15, -0.1) is 0 Å². The van der Waals surface area contributed by atoms with E-state index < -0.39 is 0 Å². The van der Waals surface area contributed by atoms with Crippen molar-refractivity contribution < 1.29 is 14.4 Å². The van der Waals surface area contributed by atoms with E-state index in [-0.39, 0.29) is 29.2 Å². The Morgan fingerprint density at radius 2 is 1.20 bits per heavy atom. The maximum Gasteiger partial charge on any atom is 0.239 e. The van der Waals surface area contributed by atoms with Crippen molar-refractivity contribution in [2.24, 2.45) is 5.41 Å². The van der Waals surface area contributed by atoms with Crippen LogP contribution in [0.3, 0.4) is 0 Å². The van der Waals surface area contributed by atoms with E-state index in [2.05, 4.69) is 4.90 Å². The van der Waals surface area contributed by atoms with Gasteiger partial charge in [-0.05, 0) is 6.92 Å². The number of hydrogen-bond donors (Lipinski definition) is 0. The van der Waals surface area contributed by atoms with Gasteiger partial charge in [-0.3, -0.25) is 19.3 Å². The third-order valence-corrected chi connectivity index (χ3v) is 5.18. The van der Waals surface area contributed by atoms with Crippen molar-refractivity contribution in [3.8, 4) is 0 Å². The molecule has 0 aromatic rings. The van der Waals surface area contributed by atoms with E-state index in [1.54, 1.807) is 11.8 Å². The Kier molecular flexibility index (Phi) is 6.08. The molecule has 0 saturated carbocycles. The van der Waals surface area contributed by atoms with E-state index in [1.807, 2.05) is 37.5 Å². The lowest BCUT2D eigenvalue weighted by atomic mass is 9.94. The number of piperazine rings is 2. The number of nitrogens with zero attached hydrogens (tertiary/aromatic N) is 4. The fourth-order valence-corrected chi connectivity index (χ4v) is 3.45. The van der Waals surface area contributed by atoms with Crippen molar-refractivity contribution in [3.05, 3.63) is 0 Å². The smallest absolute Gasteiger partial charge is 0.239 e. The monoisotopic (exact) mass is 352 g/mol. The van der Waals surface area contributed by atoms with Gasteiger partial charge in [0, 0.05) is 64.7 Å². The average molecular weight is 352 g/mol. The Hall–Kier alpha value is -1.63. The maximum absolute atomic E-state index is 12.7. The molecule has 0 bridgehead atoms. The van der Waals surface area contributed by atoms with Gasteiger partial charge in [0.25, 0.3) is 0 Å². The zero-order valence-corrected chi connectivity index (χ0v) is 16.2. The molecule has 2 aliphatic rings. The summed E-state index contributed by atoms with van der Waals surface area (Å²) in [5.41, 5.74) is -0.361. The highest BCUT2D eigenvalue weighted by Gasteiger charge is 2.34. The molecule has 0 spiro atoms. The summed E-state index contributed by atoms with van der Waals surface area (Å²) in [5.74, 6) is 0.366. The Morgan fingerprint density at radius 3 is 1.64 bits per heavy atom. The van der Waals surface area contributed by atoms with Crippen molar-refractivity contribution >= 4 is 17.7 Å². The van der Waals surface area contributed by atoms with Crippen molar-refractivity contribution in [2.75, 3.05) is 52.4 Å². The van der Waals surface area contributed by atoms with Gasteiger partial charge in [0.2, 0.25) is 17.7 Å². The highest BCUT2D eigenvalue weighted by molar-refractivity contribution is 5.83. The molecule has 1 atom stereocenters. The van der Waals surface area contributed by atoms with Gasteiger partial charge in [-0.1, -0.05) is 20.8 Å². The molecule has 7 nitrogen and oxygen atoms in total. The molecular formula is C18H32N4O3. The van der Waals surface area contributed by atoms with E-state index in [0.717, 1.165) is 13.1 Å². The van der Waals surface area contributed by atoms with Gasteiger partial charge in [0.15, 0.2) is 0 Å². The SMILES string of the molecule is CC(=O)N1CCN(C(=O)C(C)N2CCN(C(=O)C(C)(C)C)CC2)CC1. The van der Waals surface area contributed by atoms with E-state index in [4.69, 9.17) is 0 Å². The van der Waals surface area contributed by atoms with Crippen LogP contribution in [0.25, 0.3) is 0 Å². The predicted octanol–water partition coefficient (Wildman–Crippen LogP) is 0.256. The third-order valence-electron chi connectivity index (χ3n) is 5.18. The minimum absolute atomic E-state index is 0.0692. The minimum Gasteiger partial charge on any atom is -0.340 e. The van der Waals surface area contributed by atoms with Gasteiger partial charge in [-0.25, -0.2) is 0 Å². The molecule has 0 radical (unpaired) electrons. The second-order valence-electron chi connectivity index (χ2n) is 8.09. The lowest BCUT2D eigenvalue weighted by molar-refractivity contribution is -0.145. The first kappa shape index (κ1) is 19.7. The molecule has 2 saturated heterocycles. The van der Waals surface area contributed by atoms with E-state index in [1.165, 1.54) is 0 Å². The summed E-state index contributed by atoms with van der Waals surface area (Å²) in [4.78, 5) is 44.2. The van der Waals surface area contributed by atoms with Crippen LogP contribution in [0.4, 0.5) is 0 Å². The van der Waals surface area contributed by atoms with E-state index >= 15 is 0 Å². The van der Waals surface area contributed by atoms with Crippen LogP contribution in [0, 0.1) is 5.41 Å². The highest BCUT2D eigenvalue weighted by Crippen LogP contribution is 2.19. The Morgan fingerprint density at radius 1 is 0.760 bits per heavy atom. The summed E-state index contributed by atoms with van der Waals surface area (Å²) in [6, 6.07) is -0.184. The molecule has 0 N–H and O–H groups in total. The second-order valence-corrected chi connectivity index (χ2v) is 8.09. The van der Waals surface area contributed by atoms with Crippen molar-refractivity contribution in [3.63, 3.8) is 0 Å². The van der Waals surface area contributed by atoms with Crippen molar-refractivity contribution in [2.45, 2.75) is 40.7 Å². The summed E-state index contributed by atoms with van der Waals surface area (Å²) < 4.78 is 0. The fourth-order valence-electron chi connectivity index (χ4n) is 3.45. The van der Waals surface area contributed by atoms with E-state index in [9.17, 15) is 14.4 Å². The molecule has 2 aliphatic heterocycles. The summed E-state index contributed by atoms with van der Waals surface area (Å²) in [6.07, 6.45) is 0. The number of carbonyl (C=O) groups is 3. The first-order valence-corrected chi connectivity index (χ1v) is 9.19. The molecular weight excluding hydrogens is 320 g/mol. The van der Waals surface area contributed by atoms with Crippen LogP contribution in [0.1, 0.15) is 34.6 Å². The molecule has 0 aromatic heterocycles. The zero-order valence-electron chi connectivity index (χ0n) is 16.2. The summed E-state index contributed by atoms with van der Waals surface area (Å²) >= 11 is 0. The lowest BCUT2D eigenvalue weighted by Gasteiger charge is -2.42. The topological polar surface area (TPSA) is 64.2 Å². The molecule has 142 valence electrons. The summed E-state index contributed by atoms with van der Waals surface area (Å²) in [7, 11) is 0. The van der Waals surface area contributed by atoms with Crippen LogP contribution < -0.4 is 0 Å². The number of rotatable bonds is 2. The van der Waals surface area contributed by atoms with Crippen molar-refractivity contribution in [1.82, 2.24) is 19.6 Å². The Labute approximate surface area is 150 Å². The lowest BCUT2D eigenvalue weighted by Crippen LogP contribution is -2.59. The average Bonchev–Trinajstić information content (AvgIpc) is 2.59. The molecule has 2 rings (SSSR count). The molecule has 25 heavy (non-hydrogen) atoms. The predicted molar refractivity (Wildman–Crippen MR) is 95.9 cm³/mol. The minimum atomic E-state index is -0.361. The first-order chi connectivity index (χ1) is 11.6. The first-order valence-electron chi connectivity index (χ1n) is 9.19.